The number of hydrogen-bond acceptors (Lipinski definition) is 1. The first-order chi connectivity index (χ1) is 5.34. The Bertz CT molecular complexity index is 226. The minimum absolute atomic E-state index is 0.0174. The van der Waals surface area contributed by atoms with Gasteiger partial charge in [-0.05, 0) is 26.2 Å². The fourth-order valence-corrected chi connectivity index (χ4v) is 1.19. The van der Waals surface area contributed by atoms with Crippen molar-refractivity contribution in [3.8, 4) is 0 Å². The van der Waals surface area contributed by atoms with Crippen molar-refractivity contribution >= 4 is 7.60 Å². The van der Waals surface area contributed by atoms with Crippen LogP contribution in [0.25, 0.3) is 0 Å². The highest BCUT2D eigenvalue weighted by molar-refractivity contribution is 7.56. The van der Waals surface area contributed by atoms with Crippen molar-refractivity contribution in [2.24, 2.45) is 0 Å². The average molecular weight is 190 g/mol. The zero-order chi connectivity index (χ0) is 9.78. The molecule has 0 aliphatic heterocycles. The first kappa shape index (κ1) is 11.6. The van der Waals surface area contributed by atoms with Crippen molar-refractivity contribution in [1.29, 1.82) is 0 Å². The first-order valence-electron chi connectivity index (χ1n) is 3.72. The van der Waals surface area contributed by atoms with Gasteiger partial charge >= 0.3 is 7.60 Å². The summed E-state index contributed by atoms with van der Waals surface area (Å²) in [6.07, 6.45) is 1.87. The second-order valence-corrected chi connectivity index (χ2v) is 4.64. The fraction of sp³-hybridized carbons (Fsp3) is 0.500. The number of rotatable bonds is 5. The highest BCUT2D eigenvalue weighted by Crippen LogP contribution is 2.46. The molecule has 0 atom stereocenters. The molecule has 2 N–H and O–H groups in total. The van der Waals surface area contributed by atoms with Gasteiger partial charge in [-0.1, -0.05) is 12.2 Å². The van der Waals surface area contributed by atoms with E-state index < -0.39 is 7.60 Å². The van der Waals surface area contributed by atoms with Crippen LogP contribution in [0, 0.1) is 0 Å². The van der Waals surface area contributed by atoms with Crippen LogP contribution < -0.4 is 0 Å². The topological polar surface area (TPSA) is 57.5 Å². The van der Waals surface area contributed by atoms with Gasteiger partial charge in [-0.2, -0.15) is 0 Å². The van der Waals surface area contributed by atoms with Gasteiger partial charge in [-0.25, -0.2) is 0 Å². The minimum atomic E-state index is -4.04. The third-order valence-electron chi connectivity index (χ3n) is 1.48. The molecule has 0 unspecified atom stereocenters. The van der Waals surface area contributed by atoms with E-state index in [1.54, 1.807) is 0 Å². The molecule has 0 fully saturated rings. The van der Waals surface area contributed by atoms with Crippen LogP contribution in [0.4, 0.5) is 0 Å². The van der Waals surface area contributed by atoms with Crippen LogP contribution in [0.15, 0.2) is 24.0 Å². The van der Waals surface area contributed by atoms with E-state index in [1.807, 2.05) is 6.92 Å². The van der Waals surface area contributed by atoms with Gasteiger partial charge in [0.2, 0.25) is 0 Å². The molecule has 0 aliphatic carbocycles. The monoisotopic (exact) mass is 190 g/mol. The largest absolute Gasteiger partial charge is 0.351 e. The maximum Gasteiger partial charge on any atom is 0.351 e. The van der Waals surface area contributed by atoms with Crippen molar-refractivity contribution in [1.82, 2.24) is 0 Å². The molecule has 12 heavy (non-hydrogen) atoms. The molecule has 0 bridgehead atoms. The Hall–Kier alpha value is -0.370. The molecule has 0 radical (unpaired) electrons. The fourth-order valence-electron chi connectivity index (χ4n) is 0.740. The van der Waals surface area contributed by atoms with Crippen molar-refractivity contribution in [3.05, 3.63) is 24.0 Å². The normalized spacial score (nSPS) is 11.2. The molecule has 0 spiro atoms. The molecule has 0 rings (SSSR count). The van der Waals surface area contributed by atoms with Crippen LogP contribution in [0.3, 0.4) is 0 Å². The molecule has 4 heteroatoms. The second kappa shape index (κ2) is 4.61. The Morgan fingerprint density at radius 2 is 1.83 bits per heavy atom. The summed E-state index contributed by atoms with van der Waals surface area (Å²) in [6.45, 7) is 8.91. The maximum atomic E-state index is 10.6. The van der Waals surface area contributed by atoms with Crippen molar-refractivity contribution in [2.45, 2.75) is 26.2 Å². The van der Waals surface area contributed by atoms with Gasteiger partial charge in [-0.15, -0.1) is 6.58 Å². The van der Waals surface area contributed by atoms with E-state index in [2.05, 4.69) is 13.2 Å². The van der Waals surface area contributed by atoms with Crippen LogP contribution in [0.5, 0.6) is 0 Å². The summed E-state index contributed by atoms with van der Waals surface area (Å²) >= 11 is 0. The third-order valence-corrected chi connectivity index (χ3v) is 2.53. The van der Waals surface area contributed by atoms with Crippen LogP contribution in [-0.4, -0.2) is 9.79 Å². The summed E-state index contributed by atoms with van der Waals surface area (Å²) in [5.74, 6) is 0. The van der Waals surface area contributed by atoms with Crippen molar-refractivity contribution in [3.63, 3.8) is 0 Å². The standard InChI is InChI=1S/C8H15O3P/c1-7(2)5-4-6-8(3)12(9,10)11/h1,3-6H2,2H3,(H2,9,10,11). The molecule has 3 nitrogen and oxygen atoms in total. The van der Waals surface area contributed by atoms with E-state index in [4.69, 9.17) is 9.79 Å². The molecule has 0 aromatic carbocycles. The lowest BCUT2D eigenvalue weighted by atomic mass is 10.1. The third kappa shape index (κ3) is 5.30. The summed E-state index contributed by atoms with van der Waals surface area (Å²) in [7, 11) is -4.04. The van der Waals surface area contributed by atoms with E-state index in [0.29, 0.717) is 12.8 Å². The minimum Gasteiger partial charge on any atom is -0.321 e. The smallest absolute Gasteiger partial charge is 0.321 e. The van der Waals surface area contributed by atoms with E-state index in [0.717, 1.165) is 12.0 Å². The molecule has 0 saturated carbocycles. The maximum absolute atomic E-state index is 10.6. The zero-order valence-electron chi connectivity index (χ0n) is 7.29. The Balaban J connectivity index is 3.74. The lowest BCUT2D eigenvalue weighted by Gasteiger charge is -2.06. The van der Waals surface area contributed by atoms with E-state index in [9.17, 15) is 4.57 Å². The van der Waals surface area contributed by atoms with E-state index in [1.165, 1.54) is 0 Å². The number of hydrogen-bond donors (Lipinski definition) is 2. The Kier molecular flexibility index (Phi) is 4.46. The Labute approximate surface area is 73.0 Å². The lowest BCUT2D eigenvalue weighted by Crippen LogP contribution is -1.85. The van der Waals surface area contributed by atoms with E-state index >= 15 is 0 Å². The summed E-state index contributed by atoms with van der Waals surface area (Å²) in [5.41, 5.74) is 1.02. The SMILES string of the molecule is C=C(C)CCCC(=C)P(=O)(O)O. The lowest BCUT2D eigenvalue weighted by molar-refractivity contribution is 0.380. The molecule has 70 valence electrons. The van der Waals surface area contributed by atoms with Gasteiger partial charge < -0.3 is 9.79 Å². The summed E-state index contributed by atoms with van der Waals surface area (Å²) in [6, 6.07) is 0. The van der Waals surface area contributed by atoms with Crippen LogP contribution >= 0.6 is 7.60 Å². The van der Waals surface area contributed by atoms with Gasteiger partial charge in [0.25, 0.3) is 0 Å². The van der Waals surface area contributed by atoms with Gasteiger partial charge in [-0.3, -0.25) is 4.57 Å². The van der Waals surface area contributed by atoms with E-state index in [-0.39, 0.29) is 5.31 Å². The van der Waals surface area contributed by atoms with Crippen molar-refractivity contribution < 1.29 is 14.4 Å². The average Bonchev–Trinajstić information content (AvgIpc) is 1.84. The van der Waals surface area contributed by atoms with Gasteiger partial charge in [0.1, 0.15) is 0 Å². The van der Waals surface area contributed by atoms with Gasteiger partial charge in [0.05, 0.1) is 0 Å². The summed E-state index contributed by atoms with van der Waals surface area (Å²) in [5, 5.41) is 0.0174. The highest BCUT2D eigenvalue weighted by Gasteiger charge is 2.17. The predicted molar refractivity (Wildman–Crippen MR) is 49.8 cm³/mol. The Morgan fingerprint density at radius 1 is 1.33 bits per heavy atom. The molecular weight excluding hydrogens is 175 g/mol. The molecular formula is C8H15O3P. The van der Waals surface area contributed by atoms with Crippen molar-refractivity contribution in [2.75, 3.05) is 0 Å². The predicted octanol–water partition coefficient (Wildman–Crippen LogP) is 2.42. The second-order valence-electron chi connectivity index (χ2n) is 2.92. The van der Waals surface area contributed by atoms with Crippen LogP contribution in [0.1, 0.15) is 26.2 Å². The molecule has 0 aromatic heterocycles. The number of allylic oxidation sites excluding steroid dienone is 2. The highest BCUT2D eigenvalue weighted by atomic mass is 31.2. The molecule has 0 aromatic rings. The van der Waals surface area contributed by atoms with Gasteiger partial charge in [0, 0.05) is 5.31 Å². The van der Waals surface area contributed by atoms with Crippen LogP contribution in [-0.2, 0) is 4.57 Å². The summed E-state index contributed by atoms with van der Waals surface area (Å²) in [4.78, 5) is 17.3. The van der Waals surface area contributed by atoms with Crippen LogP contribution in [0.2, 0.25) is 0 Å². The Morgan fingerprint density at radius 3 is 2.17 bits per heavy atom. The zero-order valence-corrected chi connectivity index (χ0v) is 8.18. The molecule has 0 aliphatic rings. The summed E-state index contributed by atoms with van der Waals surface area (Å²) < 4.78 is 10.6. The van der Waals surface area contributed by atoms with Gasteiger partial charge in [0.15, 0.2) is 0 Å². The molecule has 0 amide bonds. The molecule has 0 heterocycles. The molecule has 0 saturated heterocycles. The quantitative estimate of drug-likeness (QED) is 0.517. The first-order valence-corrected chi connectivity index (χ1v) is 5.33.